The van der Waals surface area contributed by atoms with Gasteiger partial charge in [-0.15, -0.1) is 0 Å². The molecular weight excluding hydrogens is 284 g/mol. The summed E-state index contributed by atoms with van der Waals surface area (Å²) in [5.41, 5.74) is 1.49. The number of rotatable bonds is 4. The summed E-state index contributed by atoms with van der Waals surface area (Å²) in [4.78, 5) is 0. The smallest absolute Gasteiger partial charge is 0.129 e. The summed E-state index contributed by atoms with van der Waals surface area (Å²) in [6.45, 7) is 2.70. The van der Waals surface area contributed by atoms with Crippen LogP contribution in [0.3, 0.4) is 0 Å². The van der Waals surface area contributed by atoms with Crippen LogP contribution in [0.15, 0.2) is 42.5 Å². The Morgan fingerprint density at radius 1 is 1.11 bits per heavy atom. The van der Waals surface area contributed by atoms with Crippen molar-refractivity contribution in [1.29, 1.82) is 0 Å². The molecule has 2 aromatic carbocycles. The molecule has 2 aromatic rings. The second-order valence-electron chi connectivity index (χ2n) is 4.21. The number of hydrogen-bond donors (Lipinski definition) is 1. The van der Waals surface area contributed by atoms with Crippen LogP contribution in [0, 0.1) is 5.82 Å². The zero-order valence-electron chi connectivity index (χ0n) is 10.5. The summed E-state index contributed by atoms with van der Waals surface area (Å²) >= 11 is 11.8. The van der Waals surface area contributed by atoms with E-state index in [-0.39, 0.29) is 11.9 Å². The van der Waals surface area contributed by atoms with Crippen molar-refractivity contribution >= 4 is 23.2 Å². The molecule has 0 aromatic heterocycles. The van der Waals surface area contributed by atoms with Gasteiger partial charge >= 0.3 is 0 Å². The minimum atomic E-state index is -0.321. The first-order valence-electron chi connectivity index (χ1n) is 6.05. The van der Waals surface area contributed by atoms with Gasteiger partial charge in [-0.2, -0.15) is 0 Å². The average molecular weight is 298 g/mol. The molecule has 1 nitrogen and oxygen atoms in total. The molecule has 0 radical (unpaired) electrons. The van der Waals surface area contributed by atoms with E-state index in [0.717, 1.165) is 12.1 Å². The SMILES string of the molecule is CCNC(c1cccc(Cl)c1)c1ccc(Cl)cc1F. The van der Waals surface area contributed by atoms with Crippen molar-refractivity contribution in [1.82, 2.24) is 5.32 Å². The van der Waals surface area contributed by atoms with Gasteiger partial charge in [-0.3, -0.25) is 0 Å². The summed E-state index contributed by atoms with van der Waals surface area (Å²) in [6.07, 6.45) is 0. The molecular formula is C15H14Cl2FN. The topological polar surface area (TPSA) is 12.0 Å². The Bertz CT molecular complexity index is 572. The second kappa shape index (κ2) is 6.38. The third-order valence-electron chi connectivity index (χ3n) is 2.86. The molecule has 0 aliphatic heterocycles. The van der Waals surface area contributed by atoms with E-state index in [9.17, 15) is 4.39 Å². The summed E-state index contributed by atoms with van der Waals surface area (Å²) in [7, 11) is 0. The highest BCUT2D eigenvalue weighted by Gasteiger charge is 2.17. The average Bonchev–Trinajstić information content (AvgIpc) is 2.37. The van der Waals surface area contributed by atoms with Crippen LogP contribution in [-0.4, -0.2) is 6.54 Å². The molecule has 0 aliphatic carbocycles. The van der Waals surface area contributed by atoms with Gasteiger partial charge in [0.15, 0.2) is 0 Å². The van der Waals surface area contributed by atoms with E-state index in [2.05, 4.69) is 5.32 Å². The second-order valence-corrected chi connectivity index (χ2v) is 5.08. The van der Waals surface area contributed by atoms with Gasteiger partial charge in [0.2, 0.25) is 0 Å². The molecule has 0 heterocycles. The molecule has 0 bridgehead atoms. The summed E-state index contributed by atoms with van der Waals surface area (Å²) < 4.78 is 14.1. The van der Waals surface area contributed by atoms with Gasteiger partial charge in [0.25, 0.3) is 0 Å². The highest BCUT2D eigenvalue weighted by Crippen LogP contribution is 2.27. The number of halogens is 3. The van der Waals surface area contributed by atoms with E-state index < -0.39 is 0 Å². The molecule has 2 rings (SSSR count). The lowest BCUT2D eigenvalue weighted by atomic mass is 9.98. The standard InChI is InChI=1S/C15H14Cl2FN/c1-2-19-15(10-4-3-5-11(16)8-10)13-7-6-12(17)9-14(13)18/h3-9,15,19H,2H2,1H3. The lowest BCUT2D eigenvalue weighted by Gasteiger charge is -2.20. The Hall–Kier alpha value is -1.09. The van der Waals surface area contributed by atoms with Crippen LogP contribution < -0.4 is 5.32 Å². The molecule has 19 heavy (non-hydrogen) atoms. The zero-order valence-corrected chi connectivity index (χ0v) is 12.0. The van der Waals surface area contributed by atoms with E-state index in [4.69, 9.17) is 23.2 Å². The first kappa shape index (κ1) is 14.3. The molecule has 0 fully saturated rings. The fourth-order valence-corrected chi connectivity index (χ4v) is 2.39. The summed E-state index contributed by atoms with van der Waals surface area (Å²) in [5, 5.41) is 4.29. The molecule has 1 unspecified atom stereocenters. The van der Waals surface area contributed by atoms with Crippen molar-refractivity contribution in [2.24, 2.45) is 0 Å². The molecule has 100 valence electrons. The van der Waals surface area contributed by atoms with Crippen molar-refractivity contribution < 1.29 is 4.39 Å². The van der Waals surface area contributed by atoms with Crippen molar-refractivity contribution in [3.05, 3.63) is 69.5 Å². The Morgan fingerprint density at radius 3 is 2.47 bits per heavy atom. The first-order chi connectivity index (χ1) is 9.11. The van der Waals surface area contributed by atoms with Crippen molar-refractivity contribution in [2.45, 2.75) is 13.0 Å². The molecule has 0 spiro atoms. The molecule has 4 heteroatoms. The van der Waals surface area contributed by atoms with Gasteiger partial charge in [-0.1, -0.05) is 48.3 Å². The van der Waals surface area contributed by atoms with Crippen molar-refractivity contribution in [3.63, 3.8) is 0 Å². The van der Waals surface area contributed by atoms with Crippen LogP contribution in [0.25, 0.3) is 0 Å². The third kappa shape index (κ3) is 3.47. The number of hydrogen-bond acceptors (Lipinski definition) is 1. The van der Waals surface area contributed by atoms with E-state index in [1.807, 2.05) is 25.1 Å². The fraction of sp³-hybridized carbons (Fsp3) is 0.200. The Morgan fingerprint density at radius 2 is 1.84 bits per heavy atom. The van der Waals surface area contributed by atoms with Crippen LogP contribution in [-0.2, 0) is 0 Å². The molecule has 1 atom stereocenters. The Kier molecular flexibility index (Phi) is 4.81. The monoisotopic (exact) mass is 297 g/mol. The minimum absolute atomic E-state index is 0.235. The van der Waals surface area contributed by atoms with Crippen molar-refractivity contribution in [3.8, 4) is 0 Å². The van der Waals surface area contributed by atoms with Crippen LogP contribution >= 0.6 is 23.2 Å². The quantitative estimate of drug-likeness (QED) is 0.852. The fourth-order valence-electron chi connectivity index (χ4n) is 2.03. The molecule has 0 saturated carbocycles. The predicted octanol–water partition coefficient (Wildman–Crippen LogP) is 4.83. The van der Waals surface area contributed by atoms with E-state index >= 15 is 0 Å². The number of benzene rings is 2. The Labute approximate surface area is 122 Å². The zero-order chi connectivity index (χ0) is 13.8. The molecule has 0 aliphatic rings. The maximum atomic E-state index is 14.1. The van der Waals surface area contributed by atoms with Crippen LogP contribution in [0.5, 0.6) is 0 Å². The van der Waals surface area contributed by atoms with Gasteiger partial charge in [0, 0.05) is 15.6 Å². The van der Waals surface area contributed by atoms with Gasteiger partial charge in [-0.25, -0.2) is 4.39 Å². The lowest BCUT2D eigenvalue weighted by Crippen LogP contribution is -2.23. The lowest BCUT2D eigenvalue weighted by molar-refractivity contribution is 0.559. The predicted molar refractivity (Wildman–Crippen MR) is 78.4 cm³/mol. The highest BCUT2D eigenvalue weighted by molar-refractivity contribution is 6.30. The third-order valence-corrected chi connectivity index (χ3v) is 3.33. The van der Waals surface area contributed by atoms with E-state index in [1.165, 1.54) is 6.07 Å². The van der Waals surface area contributed by atoms with Gasteiger partial charge in [0.1, 0.15) is 5.82 Å². The maximum Gasteiger partial charge on any atom is 0.129 e. The maximum absolute atomic E-state index is 14.1. The van der Waals surface area contributed by atoms with Gasteiger partial charge in [0.05, 0.1) is 6.04 Å². The Balaban J connectivity index is 2.45. The van der Waals surface area contributed by atoms with Gasteiger partial charge < -0.3 is 5.32 Å². The molecule has 1 N–H and O–H groups in total. The van der Waals surface area contributed by atoms with E-state index in [1.54, 1.807) is 18.2 Å². The first-order valence-corrected chi connectivity index (χ1v) is 6.81. The minimum Gasteiger partial charge on any atom is -0.306 e. The normalized spacial score (nSPS) is 12.4. The van der Waals surface area contributed by atoms with Crippen LogP contribution in [0.4, 0.5) is 4.39 Å². The highest BCUT2D eigenvalue weighted by atomic mass is 35.5. The summed E-state index contributed by atoms with van der Waals surface area (Å²) in [5.74, 6) is -0.321. The van der Waals surface area contributed by atoms with Crippen LogP contribution in [0.2, 0.25) is 10.0 Å². The molecule has 0 saturated heterocycles. The van der Waals surface area contributed by atoms with Gasteiger partial charge in [-0.05, 0) is 36.4 Å². The van der Waals surface area contributed by atoms with Crippen LogP contribution in [0.1, 0.15) is 24.1 Å². The molecule has 0 amide bonds. The summed E-state index contributed by atoms with van der Waals surface area (Å²) in [6, 6.07) is 11.9. The van der Waals surface area contributed by atoms with Crippen molar-refractivity contribution in [2.75, 3.05) is 6.54 Å². The van der Waals surface area contributed by atoms with E-state index in [0.29, 0.717) is 15.6 Å². The largest absolute Gasteiger partial charge is 0.306 e. The number of nitrogens with one attached hydrogen (secondary N) is 1.